The molecule has 8 heteroatoms. The molecule has 0 aromatic carbocycles. The molecule has 0 unspecified atom stereocenters. The maximum absolute atomic E-state index is 11.0. The maximum atomic E-state index is 11.0. The monoisotopic (exact) mass is 258 g/mol. The van der Waals surface area contributed by atoms with Gasteiger partial charge in [-0.05, 0) is 0 Å². The van der Waals surface area contributed by atoms with Crippen molar-refractivity contribution in [3.8, 4) is 0 Å². The van der Waals surface area contributed by atoms with Gasteiger partial charge in [-0.3, -0.25) is 19.2 Å². The molecule has 0 aromatic rings. The molecule has 0 aliphatic rings. The van der Waals surface area contributed by atoms with Crippen molar-refractivity contribution in [1.29, 1.82) is 0 Å². The molecule has 4 amide bonds. The number of rotatable bonds is 5. The Bertz CT molecular complexity index is 290. The second-order valence-electron chi connectivity index (χ2n) is 3.76. The average molecular weight is 258 g/mol. The van der Waals surface area contributed by atoms with E-state index in [2.05, 4.69) is 21.3 Å². The van der Waals surface area contributed by atoms with Gasteiger partial charge in [0.05, 0.1) is 0 Å². The molecule has 8 nitrogen and oxygen atoms in total. The van der Waals surface area contributed by atoms with Crippen LogP contribution in [0.3, 0.4) is 0 Å². The van der Waals surface area contributed by atoms with Crippen LogP contribution in [0.5, 0.6) is 0 Å². The number of nitrogens with one attached hydrogen (secondary N) is 4. The fraction of sp³-hybridized carbons (Fsp3) is 0.600. The van der Waals surface area contributed by atoms with Crippen molar-refractivity contribution in [3.63, 3.8) is 0 Å². The summed E-state index contributed by atoms with van der Waals surface area (Å²) in [6, 6.07) is 0. The average Bonchev–Trinajstić information content (AvgIpc) is 2.12. The van der Waals surface area contributed by atoms with Crippen molar-refractivity contribution in [3.05, 3.63) is 0 Å². The zero-order chi connectivity index (χ0) is 14.3. The van der Waals surface area contributed by atoms with Crippen molar-refractivity contribution < 1.29 is 19.2 Å². The fourth-order valence-corrected chi connectivity index (χ4v) is 1.28. The molecule has 0 aliphatic carbocycles. The lowest BCUT2D eigenvalue weighted by atomic mass is 10.3. The van der Waals surface area contributed by atoms with Crippen LogP contribution in [0.1, 0.15) is 27.7 Å². The first-order chi connectivity index (χ1) is 8.22. The lowest BCUT2D eigenvalue weighted by molar-refractivity contribution is -0.128. The van der Waals surface area contributed by atoms with E-state index in [0.29, 0.717) is 0 Å². The summed E-state index contributed by atoms with van der Waals surface area (Å²) in [7, 11) is 0. The predicted octanol–water partition coefficient (Wildman–Crippen LogP) is -1.82. The van der Waals surface area contributed by atoms with Crippen LogP contribution in [0.25, 0.3) is 0 Å². The number of carbonyl (C=O) groups is 4. The lowest BCUT2D eigenvalue weighted by Crippen LogP contribution is -2.65. The van der Waals surface area contributed by atoms with Gasteiger partial charge in [-0.25, -0.2) is 0 Å². The van der Waals surface area contributed by atoms with Crippen LogP contribution < -0.4 is 21.3 Å². The van der Waals surface area contributed by atoms with E-state index in [1.54, 1.807) is 0 Å². The Morgan fingerprint density at radius 2 is 0.722 bits per heavy atom. The molecule has 18 heavy (non-hydrogen) atoms. The Labute approximate surface area is 105 Å². The molecule has 0 aromatic heterocycles. The van der Waals surface area contributed by atoms with Gasteiger partial charge < -0.3 is 21.3 Å². The minimum Gasteiger partial charge on any atom is -0.333 e. The van der Waals surface area contributed by atoms with E-state index in [9.17, 15) is 19.2 Å². The van der Waals surface area contributed by atoms with Gasteiger partial charge in [-0.15, -0.1) is 0 Å². The number of hydrogen-bond donors (Lipinski definition) is 4. The second kappa shape index (κ2) is 7.25. The topological polar surface area (TPSA) is 116 Å². The smallest absolute Gasteiger partial charge is 0.218 e. The highest BCUT2D eigenvalue weighted by Gasteiger charge is 2.24. The minimum absolute atomic E-state index is 0.408. The SMILES string of the molecule is CC(=O)NC(NC(C)=O)C(NC(C)=O)NC(C)=O. The molecular formula is C10H18N4O4. The Balaban J connectivity index is 4.90. The van der Waals surface area contributed by atoms with E-state index in [1.165, 1.54) is 27.7 Å². The van der Waals surface area contributed by atoms with Crippen molar-refractivity contribution in [1.82, 2.24) is 21.3 Å². The Hall–Kier alpha value is -2.12. The van der Waals surface area contributed by atoms with Crippen LogP contribution in [-0.4, -0.2) is 36.0 Å². The fourth-order valence-electron chi connectivity index (χ4n) is 1.28. The van der Waals surface area contributed by atoms with E-state index >= 15 is 0 Å². The number of amides is 4. The molecule has 0 radical (unpaired) electrons. The third kappa shape index (κ3) is 7.20. The van der Waals surface area contributed by atoms with Gasteiger partial charge in [0, 0.05) is 27.7 Å². The van der Waals surface area contributed by atoms with E-state index in [4.69, 9.17) is 0 Å². The molecule has 0 atom stereocenters. The highest BCUT2D eigenvalue weighted by molar-refractivity contribution is 5.79. The second-order valence-corrected chi connectivity index (χ2v) is 3.76. The van der Waals surface area contributed by atoms with Crippen LogP contribution in [0.15, 0.2) is 0 Å². The van der Waals surface area contributed by atoms with Crippen LogP contribution >= 0.6 is 0 Å². The molecule has 4 N–H and O–H groups in total. The van der Waals surface area contributed by atoms with E-state index < -0.39 is 36.0 Å². The molecule has 0 rings (SSSR count). The standard InChI is InChI=1S/C10H18N4O4/c1-5(15)11-9(12-6(2)16)10(13-7(3)17)14-8(4)18/h9-10H,1-4H3,(H,11,15)(H,12,16)(H,13,17)(H,14,18). The van der Waals surface area contributed by atoms with E-state index in [-0.39, 0.29) is 0 Å². The summed E-state index contributed by atoms with van der Waals surface area (Å²) >= 11 is 0. The zero-order valence-corrected chi connectivity index (χ0v) is 10.8. The third-order valence-corrected chi connectivity index (χ3v) is 1.77. The van der Waals surface area contributed by atoms with Gasteiger partial charge in [0.1, 0.15) is 12.3 Å². The van der Waals surface area contributed by atoms with Crippen molar-refractivity contribution >= 4 is 23.6 Å². The molecule has 0 saturated carbocycles. The number of hydrogen-bond acceptors (Lipinski definition) is 4. The predicted molar refractivity (Wildman–Crippen MR) is 62.8 cm³/mol. The molecule has 0 heterocycles. The molecule has 102 valence electrons. The molecule has 0 fully saturated rings. The third-order valence-electron chi connectivity index (χ3n) is 1.77. The Morgan fingerprint density at radius 1 is 0.556 bits per heavy atom. The maximum Gasteiger partial charge on any atom is 0.218 e. The minimum atomic E-state index is -0.923. The summed E-state index contributed by atoms with van der Waals surface area (Å²) in [6.07, 6.45) is -1.85. The van der Waals surface area contributed by atoms with Crippen molar-refractivity contribution in [2.75, 3.05) is 0 Å². The normalized spacial score (nSPS) is 9.89. The summed E-state index contributed by atoms with van der Waals surface area (Å²) in [5.74, 6) is -1.63. The number of carbonyl (C=O) groups excluding carboxylic acids is 4. The Morgan fingerprint density at radius 3 is 0.833 bits per heavy atom. The van der Waals surface area contributed by atoms with Crippen LogP contribution in [0.2, 0.25) is 0 Å². The summed E-state index contributed by atoms with van der Waals surface area (Å²) < 4.78 is 0. The Kier molecular flexibility index (Phi) is 6.40. The molecule has 0 bridgehead atoms. The highest BCUT2D eigenvalue weighted by atomic mass is 16.2. The van der Waals surface area contributed by atoms with Crippen LogP contribution in [0, 0.1) is 0 Å². The molecular weight excluding hydrogens is 240 g/mol. The highest BCUT2D eigenvalue weighted by Crippen LogP contribution is 1.89. The molecule has 0 saturated heterocycles. The van der Waals surface area contributed by atoms with E-state index in [0.717, 1.165) is 0 Å². The first kappa shape index (κ1) is 15.9. The van der Waals surface area contributed by atoms with E-state index in [1.807, 2.05) is 0 Å². The van der Waals surface area contributed by atoms with Gasteiger partial charge in [0.15, 0.2) is 0 Å². The van der Waals surface area contributed by atoms with Crippen molar-refractivity contribution in [2.24, 2.45) is 0 Å². The largest absolute Gasteiger partial charge is 0.333 e. The van der Waals surface area contributed by atoms with Gasteiger partial charge >= 0.3 is 0 Å². The first-order valence-corrected chi connectivity index (χ1v) is 5.30. The van der Waals surface area contributed by atoms with Gasteiger partial charge in [-0.2, -0.15) is 0 Å². The zero-order valence-electron chi connectivity index (χ0n) is 10.8. The quantitative estimate of drug-likeness (QED) is 0.434. The van der Waals surface area contributed by atoms with Crippen LogP contribution in [-0.2, 0) is 19.2 Å². The van der Waals surface area contributed by atoms with Gasteiger partial charge in [-0.1, -0.05) is 0 Å². The van der Waals surface area contributed by atoms with Gasteiger partial charge in [0.25, 0.3) is 0 Å². The summed E-state index contributed by atoms with van der Waals surface area (Å²) in [6.45, 7) is 5.03. The summed E-state index contributed by atoms with van der Waals surface area (Å²) in [4.78, 5) is 44.1. The summed E-state index contributed by atoms with van der Waals surface area (Å²) in [5, 5.41) is 9.69. The molecule has 0 aliphatic heterocycles. The first-order valence-electron chi connectivity index (χ1n) is 5.30. The summed E-state index contributed by atoms with van der Waals surface area (Å²) in [5.41, 5.74) is 0. The molecule has 0 spiro atoms. The van der Waals surface area contributed by atoms with Crippen LogP contribution in [0.4, 0.5) is 0 Å². The van der Waals surface area contributed by atoms with Crippen molar-refractivity contribution in [2.45, 2.75) is 40.0 Å². The lowest BCUT2D eigenvalue weighted by Gasteiger charge is -2.28. The van der Waals surface area contributed by atoms with Gasteiger partial charge in [0.2, 0.25) is 23.6 Å².